The van der Waals surface area contributed by atoms with Crippen LogP contribution in [0.1, 0.15) is 74.5 Å². The lowest BCUT2D eigenvalue weighted by Crippen LogP contribution is -2.64. The van der Waals surface area contributed by atoms with Gasteiger partial charge in [-0.1, -0.05) is 80.4 Å². The SMILES string of the molecule is CCCCCC(=O)C(c1ccccc1-c1ccccc1)[C@]1(NC(=O)[C@@H](NC(=O)c2cccs2)C(C)(C)S(C)(=O)=O)O[C@]1(C)C(N)=O. The van der Waals surface area contributed by atoms with E-state index in [1.807, 2.05) is 49.4 Å². The zero-order valence-electron chi connectivity index (χ0n) is 26.7. The second-order valence-electron chi connectivity index (χ2n) is 12.3. The molecule has 246 valence electrons. The molecule has 10 nitrogen and oxygen atoms in total. The Morgan fingerprint density at radius 1 is 0.978 bits per heavy atom. The van der Waals surface area contributed by atoms with Crippen LogP contribution in [-0.2, 0) is 29.0 Å². The number of epoxide rings is 1. The molecule has 0 saturated carbocycles. The van der Waals surface area contributed by atoms with E-state index in [0.29, 0.717) is 17.5 Å². The molecule has 0 spiro atoms. The van der Waals surface area contributed by atoms with Crippen LogP contribution < -0.4 is 16.4 Å². The van der Waals surface area contributed by atoms with Gasteiger partial charge in [-0.05, 0) is 55.3 Å². The summed E-state index contributed by atoms with van der Waals surface area (Å²) < 4.78 is 30.3. The third-order valence-electron chi connectivity index (χ3n) is 8.86. The fourth-order valence-corrected chi connectivity index (χ4v) is 6.88. The molecule has 1 aliphatic rings. The third-order valence-corrected chi connectivity index (χ3v) is 11.9. The van der Waals surface area contributed by atoms with E-state index in [0.717, 1.165) is 36.0 Å². The van der Waals surface area contributed by atoms with Crippen LogP contribution in [0.5, 0.6) is 0 Å². The van der Waals surface area contributed by atoms with Crippen molar-refractivity contribution < 1.29 is 32.3 Å². The van der Waals surface area contributed by atoms with Gasteiger partial charge in [-0.3, -0.25) is 19.2 Å². The Balaban J connectivity index is 1.87. The van der Waals surface area contributed by atoms with Gasteiger partial charge in [0.25, 0.3) is 11.8 Å². The molecule has 4 N–H and O–H groups in total. The van der Waals surface area contributed by atoms with E-state index in [9.17, 15) is 27.6 Å². The number of sulfone groups is 1. The summed E-state index contributed by atoms with van der Waals surface area (Å²) in [5.41, 5.74) is 4.02. The Hall–Kier alpha value is -3.87. The van der Waals surface area contributed by atoms with Gasteiger partial charge in [0, 0.05) is 12.7 Å². The molecule has 1 fully saturated rings. The quantitative estimate of drug-likeness (QED) is 0.160. The van der Waals surface area contributed by atoms with Gasteiger partial charge in [0.15, 0.2) is 21.2 Å². The van der Waals surface area contributed by atoms with Crippen molar-refractivity contribution in [3.05, 3.63) is 82.6 Å². The normalized spacial score (nSPS) is 20.7. The number of unbranched alkanes of at least 4 members (excludes halogenated alkanes) is 2. The van der Waals surface area contributed by atoms with Crippen molar-refractivity contribution >= 4 is 44.7 Å². The second-order valence-corrected chi connectivity index (χ2v) is 15.8. The highest BCUT2D eigenvalue weighted by atomic mass is 32.2. The van der Waals surface area contributed by atoms with E-state index in [4.69, 9.17) is 10.5 Å². The smallest absolute Gasteiger partial charge is 0.262 e. The molecule has 2 aromatic carbocycles. The number of carbonyl (C=O) groups is 4. The molecule has 1 saturated heterocycles. The molecule has 0 bridgehead atoms. The van der Waals surface area contributed by atoms with E-state index in [-0.39, 0.29) is 17.1 Å². The Morgan fingerprint density at radius 2 is 1.63 bits per heavy atom. The molecule has 4 atom stereocenters. The summed E-state index contributed by atoms with van der Waals surface area (Å²) in [6, 6.07) is 18.1. The number of nitrogens with two attached hydrogens (primary N) is 1. The first-order valence-electron chi connectivity index (χ1n) is 15.1. The molecule has 0 radical (unpaired) electrons. The second kappa shape index (κ2) is 13.5. The minimum absolute atomic E-state index is 0.130. The van der Waals surface area contributed by atoms with E-state index in [2.05, 4.69) is 10.6 Å². The Labute approximate surface area is 274 Å². The molecule has 2 heterocycles. The number of carbonyl (C=O) groups excluding carboxylic acids is 4. The average Bonchev–Trinajstić information content (AvgIpc) is 3.32. The molecular formula is C34H41N3O7S2. The van der Waals surface area contributed by atoms with Crippen molar-refractivity contribution in [2.45, 2.75) is 81.4 Å². The fraction of sp³-hybridized carbons (Fsp3) is 0.412. The lowest BCUT2D eigenvalue weighted by molar-refractivity contribution is -0.128. The molecule has 1 aliphatic heterocycles. The highest BCUT2D eigenvalue weighted by Crippen LogP contribution is 2.56. The zero-order valence-corrected chi connectivity index (χ0v) is 28.3. The molecule has 12 heteroatoms. The van der Waals surface area contributed by atoms with Crippen molar-refractivity contribution in [2.24, 2.45) is 5.73 Å². The van der Waals surface area contributed by atoms with Gasteiger partial charge >= 0.3 is 0 Å². The Bertz CT molecular complexity index is 1710. The minimum Gasteiger partial charge on any atom is -0.367 e. The summed E-state index contributed by atoms with van der Waals surface area (Å²) in [6.45, 7) is 6.06. The molecule has 3 aromatic rings. The Morgan fingerprint density at radius 3 is 2.20 bits per heavy atom. The number of ether oxygens (including phenoxy) is 1. The molecule has 0 aliphatic carbocycles. The lowest BCUT2D eigenvalue weighted by atomic mass is 9.77. The van der Waals surface area contributed by atoms with Crippen LogP contribution >= 0.6 is 11.3 Å². The number of primary amides is 1. The van der Waals surface area contributed by atoms with Gasteiger partial charge in [0.05, 0.1) is 15.5 Å². The monoisotopic (exact) mass is 667 g/mol. The number of rotatable bonds is 15. The number of benzene rings is 2. The zero-order chi connectivity index (χ0) is 33.9. The third kappa shape index (κ3) is 6.65. The van der Waals surface area contributed by atoms with Gasteiger partial charge in [0.2, 0.25) is 5.91 Å². The predicted octanol–water partition coefficient (Wildman–Crippen LogP) is 4.36. The van der Waals surface area contributed by atoms with E-state index in [1.54, 1.807) is 29.6 Å². The Kier molecular flexibility index (Phi) is 10.2. The summed E-state index contributed by atoms with van der Waals surface area (Å²) in [6.07, 6.45) is 3.31. The number of Topliss-reactive ketones (excluding diaryl/α,β-unsaturated/α-hetero) is 1. The van der Waals surface area contributed by atoms with Crippen LogP contribution in [0.4, 0.5) is 0 Å². The summed E-state index contributed by atoms with van der Waals surface area (Å²) in [7, 11) is -3.96. The molecule has 46 heavy (non-hydrogen) atoms. The lowest BCUT2D eigenvalue weighted by Gasteiger charge is -2.35. The largest absolute Gasteiger partial charge is 0.367 e. The maximum atomic E-state index is 14.4. The molecule has 3 amide bonds. The molecule has 1 aromatic heterocycles. The van der Waals surface area contributed by atoms with Crippen molar-refractivity contribution in [2.75, 3.05) is 6.26 Å². The van der Waals surface area contributed by atoms with E-state index >= 15 is 0 Å². The summed E-state index contributed by atoms with van der Waals surface area (Å²) >= 11 is 1.12. The van der Waals surface area contributed by atoms with Crippen molar-refractivity contribution in [1.82, 2.24) is 10.6 Å². The number of thiophene rings is 1. The van der Waals surface area contributed by atoms with Crippen LogP contribution in [0.25, 0.3) is 11.1 Å². The average molecular weight is 668 g/mol. The summed E-state index contributed by atoms with van der Waals surface area (Å²) in [4.78, 5) is 55.1. The number of hydrogen-bond acceptors (Lipinski definition) is 8. The summed E-state index contributed by atoms with van der Waals surface area (Å²) in [5, 5.41) is 7.02. The molecular weight excluding hydrogens is 627 g/mol. The fourth-order valence-electron chi connectivity index (χ4n) is 5.66. The van der Waals surface area contributed by atoms with Gasteiger partial charge in [-0.15, -0.1) is 11.3 Å². The topological polar surface area (TPSA) is 165 Å². The van der Waals surface area contributed by atoms with E-state index < -0.39 is 55.6 Å². The number of amides is 3. The van der Waals surface area contributed by atoms with Crippen molar-refractivity contribution in [1.29, 1.82) is 0 Å². The standard InChI is InChI=1S/C34H41N3O7S2/c1-6-7-9-19-25(38)27(24-18-13-12-17-23(24)22-15-10-8-11-16-22)34(33(4,44-34)31(35)41)37-30(40)28(32(2,3)46(5,42)43)36-29(39)26-20-14-21-45-26/h8,10-18,20-21,27-28H,6-7,9,19H2,1-5H3,(H2,35,41)(H,36,39)(H,37,40)/t27?,28-,33-,34+/m1/s1. The summed E-state index contributed by atoms with van der Waals surface area (Å²) in [5.74, 6) is -4.02. The van der Waals surface area contributed by atoms with Crippen molar-refractivity contribution in [3.8, 4) is 11.1 Å². The number of hydrogen-bond donors (Lipinski definition) is 3. The number of nitrogens with one attached hydrogen (secondary N) is 2. The number of ketones is 1. The van der Waals surface area contributed by atoms with Crippen LogP contribution in [0, 0.1) is 0 Å². The maximum Gasteiger partial charge on any atom is 0.262 e. The van der Waals surface area contributed by atoms with Gasteiger partial charge in [0.1, 0.15) is 11.8 Å². The van der Waals surface area contributed by atoms with Gasteiger partial charge < -0.3 is 21.1 Å². The molecule has 4 rings (SSSR count). The van der Waals surface area contributed by atoms with Crippen molar-refractivity contribution in [3.63, 3.8) is 0 Å². The minimum atomic E-state index is -3.96. The van der Waals surface area contributed by atoms with Crippen LogP contribution in [0.3, 0.4) is 0 Å². The highest BCUT2D eigenvalue weighted by Gasteiger charge is 2.77. The highest BCUT2D eigenvalue weighted by molar-refractivity contribution is 7.92. The van der Waals surface area contributed by atoms with Crippen LogP contribution in [0.15, 0.2) is 72.1 Å². The molecule has 1 unspecified atom stereocenters. The van der Waals surface area contributed by atoms with Gasteiger partial charge in [-0.25, -0.2) is 8.42 Å². The van der Waals surface area contributed by atoms with E-state index in [1.165, 1.54) is 20.8 Å². The first-order chi connectivity index (χ1) is 21.6. The van der Waals surface area contributed by atoms with Crippen LogP contribution in [0.2, 0.25) is 0 Å². The first-order valence-corrected chi connectivity index (χ1v) is 17.9. The van der Waals surface area contributed by atoms with Gasteiger partial charge in [-0.2, -0.15) is 0 Å². The maximum absolute atomic E-state index is 14.4. The predicted molar refractivity (Wildman–Crippen MR) is 178 cm³/mol. The first kappa shape index (κ1) is 35.0. The van der Waals surface area contributed by atoms with Crippen LogP contribution in [-0.4, -0.2) is 60.3 Å².